The Morgan fingerprint density at radius 3 is 2.91 bits per heavy atom. The van der Waals surface area contributed by atoms with Crippen LogP contribution in [0.4, 0.5) is 0 Å². The Kier molecular flexibility index (Phi) is 3.34. The Morgan fingerprint density at radius 2 is 2.36 bits per heavy atom. The number of ether oxygens (including phenoxy) is 1. The van der Waals surface area contributed by atoms with E-state index in [9.17, 15) is 0 Å². The van der Waals surface area contributed by atoms with E-state index in [1.54, 1.807) is 0 Å². The topological polar surface area (TPSA) is 35.2 Å². The van der Waals surface area contributed by atoms with Gasteiger partial charge in [-0.3, -0.25) is 0 Å². The fraction of sp³-hybridized carbons (Fsp3) is 1.00. The SMILES string of the molecule is CCC1CC(C(C)N)CCO1. The molecule has 0 aliphatic carbocycles. The molecule has 3 unspecified atom stereocenters. The number of hydrogen-bond acceptors (Lipinski definition) is 2. The van der Waals surface area contributed by atoms with Gasteiger partial charge in [0, 0.05) is 12.6 Å². The van der Waals surface area contributed by atoms with Gasteiger partial charge in [-0.2, -0.15) is 0 Å². The lowest BCUT2D eigenvalue weighted by molar-refractivity contribution is -0.0145. The summed E-state index contributed by atoms with van der Waals surface area (Å²) in [5.74, 6) is 0.689. The zero-order valence-electron chi connectivity index (χ0n) is 7.55. The Labute approximate surface area is 69.1 Å². The summed E-state index contributed by atoms with van der Waals surface area (Å²) in [5.41, 5.74) is 5.83. The first kappa shape index (κ1) is 9.01. The Hall–Kier alpha value is -0.0800. The molecule has 0 radical (unpaired) electrons. The molecular formula is C9H19NO. The van der Waals surface area contributed by atoms with Crippen LogP contribution >= 0.6 is 0 Å². The van der Waals surface area contributed by atoms with Crippen LogP contribution in [0.25, 0.3) is 0 Å². The molecule has 0 aromatic heterocycles. The van der Waals surface area contributed by atoms with Gasteiger partial charge >= 0.3 is 0 Å². The van der Waals surface area contributed by atoms with Crippen molar-refractivity contribution in [2.24, 2.45) is 11.7 Å². The summed E-state index contributed by atoms with van der Waals surface area (Å²) in [6.45, 7) is 5.18. The van der Waals surface area contributed by atoms with Crippen LogP contribution < -0.4 is 5.73 Å². The van der Waals surface area contributed by atoms with E-state index in [1.807, 2.05) is 0 Å². The zero-order chi connectivity index (χ0) is 8.27. The minimum absolute atomic E-state index is 0.341. The second-order valence-corrected chi connectivity index (χ2v) is 3.54. The van der Waals surface area contributed by atoms with E-state index in [1.165, 1.54) is 0 Å². The first-order valence-corrected chi connectivity index (χ1v) is 4.61. The highest BCUT2D eigenvalue weighted by Crippen LogP contribution is 2.23. The average Bonchev–Trinajstić information content (AvgIpc) is 2.05. The highest BCUT2D eigenvalue weighted by atomic mass is 16.5. The second-order valence-electron chi connectivity index (χ2n) is 3.54. The van der Waals surface area contributed by atoms with Gasteiger partial charge in [-0.25, -0.2) is 0 Å². The molecule has 2 N–H and O–H groups in total. The maximum Gasteiger partial charge on any atom is 0.0575 e. The van der Waals surface area contributed by atoms with Gasteiger partial charge in [0.2, 0.25) is 0 Å². The highest BCUT2D eigenvalue weighted by Gasteiger charge is 2.23. The Bertz CT molecular complexity index is 114. The second kappa shape index (κ2) is 4.07. The van der Waals surface area contributed by atoms with Crippen LogP contribution in [0, 0.1) is 5.92 Å². The minimum Gasteiger partial charge on any atom is -0.378 e. The first-order valence-electron chi connectivity index (χ1n) is 4.61. The van der Waals surface area contributed by atoms with E-state index < -0.39 is 0 Å². The summed E-state index contributed by atoms with van der Waals surface area (Å²) >= 11 is 0. The zero-order valence-corrected chi connectivity index (χ0v) is 7.55. The van der Waals surface area contributed by atoms with Crippen molar-refractivity contribution in [1.82, 2.24) is 0 Å². The lowest BCUT2D eigenvalue weighted by Crippen LogP contribution is -2.35. The third kappa shape index (κ3) is 2.46. The van der Waals surface area contributed by atoms with Gasteiger partial charge in [0.1, 0.15) is 0 Å². The van der Waals surface area contributed by atoms with Gasteiger partial charge < -0.3 is 10.5 Å². The average molecular weight is 157 g/mol. The predicted molar refractivity (Wildman–Crippen MR) is 46.4 cm³/mol. The summed E-state index contributed by atoms with van der Waals surface area (Å²) in [5, 5.41) is 0. The summed E-state index contributed by atoms with van der Waals surface area (Å²) < 4.78 is 5.55. The van der Waals surface area contributed by atoms with E-state index in [0.29, 0.717) is 18.1 Å². The lowest BCUT2D eigenvalue weighted by atomic mass is 9.89. The van der Waals surface area contributed by atoms with Crippen LogP contribution in [0.1, 0.15) is 33.1 Å². The van der Waals surface area contributed by atoms with Crippen molar-refractivity contribution in [3.63, 3.8) is 0 Å². The van der Waals surface area contributed by atoms with E-state index in [4.69, 9.17) is 10.5 Å². The standard InChI is InChI=1S/C9H19NO/c1-3-9-6-8(7(2)10)4-5-11-9/h7-9H,3-6,10H2,1-2H3. The molecule has 66 valence electrons. The Balaban J connectivity index is 2.33. The molecule has 0 saturated carbocycles. The third-order valence-electron chi connectivity index (χ3n) is 2.61. The molecule has 1 rings (SSSR count). The number of nitrogens with two attached hydrogens (primary N) is 1. The molecule has 1 heterocycles. The van der Waals surface area contributed by atoms with Gasteiger partial charge in [0.05, 0.1) is 6.10 Å². The fourth-order valence-electron chi connectivity index (χ4n) is 1.67. The molecule has 3 atom stereocenters. The van der Waals surface area contributed by atoms with Crippen LogP contribution in [-0.4, -0.2) is 18.8 Å². The molecule has 1 aliphatic heterocycles. The van der Waals surface area contributed by atoms with E-state index in [-0.39, 0.29) is 0 Å². The van der Waals surface area contributed by atoms with E-state index in [2.05, 4.69) is 13.8 Å². The van der Waals surface area contributed by atoms with Crippen LogP contribution in [0.3, 0.4) is 0 Å². The predicted octanol–water partition coefficient (Wildman–Crippen LogP) is 1.54. The molecule has 0 spiro atoms. The molecule has 0 bridgehead atoms. The first-order chi connectivity index (χ1) is 5.24. The molecule has 0 aromatic rings. The van der Waals surface area contributed by atoms with Gasteiger partial charge in [-0.1, -0.05) is 6.92 Å². The summed E-state index contributed by atoms with van der Waals surface area (Å²) in [7, 11) is 0. The van der Waals surface area contributed by atoms with Crippen molar-refractivity contribution in [3.05, 3.63) is 0 Å². The van der Waals surface area contributed by atoms with Crippen molar-refractivity contribution in [3.8, 4) is 0 Å². The summed E-state index contributed by atoms with van der Waals surface area (Å²) in [4.78, 5) is 0. The van der Waals surface area contributed by atoms with Crippen LogP contribution in [0.15, 0.2) is 0 Å². The van der Waals surface area contributed by atoms with Crippen molar-refractivity contribution in [2.75, 3.05) is 6.61 Å². The quantitative estimate of drug-likeness (QED) is 0.660. The van der Waals surface area contributed by atoms with E-state index in [0.717, 1.165) is 25.9 Å². The molecule has 11 heavy (non-hydrogen) atoms. The number of rotatable bonds is 2. The minimum atomic E-state index is 0.341. The van der Waals surface area contributed by atoms with E-state index >= 15 is 0 Å². The smallest absolute Gasteiger partial charge is 0.0575 e. The molecule has 1 fully saturated rings. The molecule has 2 nitrogen and oxygen atoms in total. The van der Waals surface area contributed by atoms with Crippen molar-refractivity contribution >= 4 is 0 Å². The largest absolute Gasteiger partial charge is 0.378 e. The highest BCUT2D eigenvalue weighted by molar-refractivity contribution is 4.76. The van der Waals surface area contributed by atoms with Gasteiger partial charge in [-0.05, 0) is 32.1 Å². The van der Waals surface area contributed by atoms with Gasteiger partial charge in [0.15, 0.2) is 0 Å². The van der Waals surface area contributed by atoms with Gasteiger partial charge in [0.25, 0.3) is 0 Å². The monoisotopic (exact) mass is 157 g/mol. The lowest BCUT2D eigenvalue weighted by Gasteiger charge is -2.31. The normalized spacial score (nSPS) is 35.2. The number of hydrogen-bond donors (Lipinski definition) is 1. The van der Waals surface area contributed by atoms with Crippen LogP contribution in [0.5, 0.6) is 0 Å². The molecule has 1 saturated heterocycles. The third-order valence-corrected chi connectivity index (χ3v) is 2.61. The van der Waals surface area contributed by atoms with Crippen molar-refractivity contribution < 1.29 is 4.74 Å². The van der Waals surface area contributed by atoms with Gasteiger partial charge in [-0.15, -0.1) is 0 Å². The van der Waals surface area contributed by atoms with Crippen molar-refractivity contribution in [2.45, 2.75) is 45.3 Å². The Morgan fingerprint density at radius 1 is 1.64 bits per heavy atom. The maximum atomic E-state index is 5.83. The maximum absolute atomic E-state index is 5.83. The van der Waals surface area contributed by atoms with Crippen LogP contribution in [-0.2, 0) is 4.74 Å². The molecule has 0 amide bonds. The summed E-state index contributed by atoms with van der Waals surface area (Å²) in [6.07, 6.45) is 3.91. The summed E-state index contributed by atoms with van der Waals surface area (Å²) in [6, 6.07) is 0.341. The molecule has 2 heteroatoms. The van der Waals surface area contributed by atoms with Crippen molar-refractivity contribution in [1.29, 1.82) is 0 Å². The molecular weight excluding hydrogens is 138 g/mol. The fourth-order valence-corrected chi connectivity index (χ4v) is 1.67. The molecule has 1 aliphatic rings. The molecule has 0 aromatic carbocycles. The van der Waals surface area contributed by atoms with Crippen LogP contribution in [0.2, 0.25) is 0 Å².